The van der Waals surface area contributed by atoms with Crippen LogP contribution in [0.25, 0.3) is 0 Å². The van der Waals surface area contributed by atoms with E-state index in [0.29, 0.717) is 11.8 Å². The van der Waals surface area contributed by atoms with Crippen molar-refractivity contribution >= 4 is 0 Å². The number of hydrogen-bond acceptors (Lipinski definition) is 3. The second-order valence-electron chi connectivity index (χ2n) is 4.33. The lowest BCUT2D eigenvalue weighted by Gasteiger charge is -2.15. The van der Waals surface area contributed by atoms with E-state index in [1.54, 1.807) is 12.1 Å². The van der Waals surface area contributed by atoms with E-state index < -0.39 is 12.8 Å². The van der Waals surface area contributed by atoms with E-state index in [1.807, 2.05) is 19.2 Å². The first kappa shape index (κ1) is 16.8. The zero-order valence-corrected chi connectivity index (χ0v) is 11.7. The van der Waals surface area contributed by atoms with Crippen molar-refractivity contribution < 1.29 is 22.6 Å². The summed E-state index contributed by atoms with van der Waals surface area (Å²) in [5.41, 5.74) is 1.15. The molecule has 0 aromatic heterocycles. The predicted molar refractivity (Wildman–Crippen MR) is 70.9 cm³/mol. The molecule has 0 saturated heterocycles. The topological polar surface area (TPSA) is 30.5 Å². The molecule has 1 aromatic carbocycles. The minimum absolute atomic E-state index is 0.0879. The van der Waals surface area contributed by atoms with Gasteiger partial charge >= 0.3 is 6.18 Å². The molecule has 20 heavy (non-hydrogen) atoms. The molecule has 0 bridgehead atoms. The van der Waals surface area contributed by atoms with Gasteiger partial charge in [-0.25, -0.2) is 0 Å². The second kappa shape index (κ2) is 8.11. The lowest BCUT2D eigenvalue weighted by Crippen LogP contribution is -2.19. The third-order valence-corrected chi connectivity index (χ3v) is 2.80. The number of benzene rings is 1. The molecule has 0 spiro atoms. The van der Waals surface area contributed by atoms with Crippen molar-refractivity contribution in [2.24, 2.45) is 0 Å². The molecule has 1 N–H and O–H groups in total. The summed E-state index contributed by atoms with van der Waals surface area (Å²) in [6, 6.07) is 7.78. The normalized spacial score (nSPS) is 13.2. The fourth-order valence-corrected chi connectivity index (χ4v) is 1.81. The Kier molecular flexibility index (Phi) is 6.81. The molecule has 3 nitrogen and oxygen atoms in total. The minimum Gasteiger partial charge on any atom is -0.491 e. The third-order valence-electron chi connectivity index (χ3n) is 2.80. The SMILES string of the molecule is CCC(NC)c1ccc(OCCOCC(F)(F)F)cc1. The highest BCUT2D eigenvalue weighted by Crippen LogP contribution is 2.20. The van der Waals surface area contributed by atoms with Crippen LogP contribution in [0.2, 0.25) is 0 Å². The number of rotatable bonds is 8. The molecule has 1 aromatic rings. The van der Waals surface area contributed by atoms with Gasteiger partial charge in [-0.3, -0.25) is 0 Å². The summed E-state index contributed by atoms with van der Waals surface area (Å²) in [6.45, 7) is 0.854. The van der Waals surface area contributed by atoms with E-state index in [1.165, 1.54) is 0 Å². The van der Waals surface area contributed by atoms with Crippen LogP contribution >= 0.6 is 0 Å². The number of alkyl halides is 3. The standard InChI is InChI=1S/C14H20F3NO2/c1-3-13(18-2)11-4-6-12(7-5-11)20-9-8-19-10-14(15,16)17/h4-7,13,18H,3,8-10H2,1-2H3. The fraction of sp³-hybridized carbons (Fsp3) is 0.571. The van der Waals surface area contributed by atoms with E-state index in [9.17, 15) is 13.2 Å². The van der Waals surface area contributed by atoms with Gasteiger partial charge in [-0.15, -0.1) is 0 Å². The first-order chi connectivity index (χ1) is 9.46. The van der Waals surface area contributed by atoms with Crippen molar-refractivity contribution in [1.82, 2.24) is 5.32 Å². The zero-order valence-electron chi connectivity index (χ0n) is 11.7. The molecule has 0 aliphatic heterocycles. The van der Waals surface area contributed by atoms with Crippen LogP contribution in [0, 0.1) is 0 Å². The van der Waals surface area contributed by atoms with Gasteiger partial charge in [-0.05, 0) is 31.2 Å². The Morgan fingerprint density at radius 1 is 1.15 bits per heavy atom. The van der Waals surface area contributed by atoms with Crippen molar-refractivity contribution in [3.8, 4) is 5.75 Å². The van der Waals surface area contributed by atoms with Crippen molar-refractivity contribution in [1.29, 1.82) is 0 Å². The molecule has 114 valence electrons. The molecule has 0 aliphatic rings. The molecule has 0 saturated carbocycles. The van der Waals surface area contributed by atoms with Gasteiger partial charge in [0.15, 0.2) is 0 Å². The largest absolute Gasteiger partial charge is 0.491 e. The van der Waals surface area contributed by atoms with Gasteiger partial charge in [-0.2, -0.15) is 13.2 Å². The Morgan fingerprint density at radius 3 is 2.30 bits per heavy atom. The monoisotopic (exact) mass is 291 g/mol. The first-order valence-corrected chi connectivity index (χ1v) is 6.50. The van der Waals surface area contributed by atoms with Crippen LogP contribution in [-0.2, 0) is 4.74 Å². The second-order valence-corrected chi connectivity index (χ2v) is 4.33. The van der Waals surface area contributed by atoms with Gasteiger partial charge in [0.25, 0.3) is 0 Å². The highest BCUT2D eigenvalue weighted by Gasteiger charge is 2.27. The van der Waals surface area contributed by atoms with E-state index >= 15 is 0 Å². The molecular weight excluding hydrogens is 271 g/mol. The Bertz CT molecular complexity index is 375. The van der Waals surface area contributed by atoms with Crippen LogP contribution in [-0.4, -0.2) is 33.0 Å². The van der Waals surface area contributed by atoms with Crippen LogP contribution in [0.3, 0.4) is 0 Å². The number of ether oxygens (including phenoxy) is 2. The molecule has 1 unspecified atom stereocenters. The lowest BCUT2D eigenvalue weighted by atomic mass is 10.1. The minimum atomic E-state index is -4.29. The average Bonchev–Trinajstić information content (AvgIpc) is 2.40. The Labute approximate surface area is 117 Å². The van der Waals surface area contributed by atoms with Crippen molar-refractivity contribution in [2.75, 3.05) is 26.9 Å². The summed E-state index contributed by atoms with van der Waals surface area (Å²) < 4.78 is 45.2. The Morgan fingerprint density at radius 2 is 1.80 bits per heavy atom. The summed E-state index contributed by atoms with van der Waals surface area (Å²) in [5.74, 6) is 0.621. The molecule has 6 heteroatoms. The van der Waals surface area contributed by atoms with Gasteiger partial charge in [0.2, 0.25) is 0 Å². The van der Waals surface area contributed by atoms with Gasteiger partial charge < -0.3 is 14.8 Å². The van der Waals surface area contributed by atoms with E-state index in [-0.39, 0.29) is 13.2 Å². The summed E-state index contributed by atoms with van der Waals surface area (Å²) in [6.07, 6.45) is -3.31. The van der Waals surface area contributed by atoms with Crippen LogP contribution in [0.1, 0.15) is 24.9 Å². The lowest BCUT2D eigenvalue weighted by molar-refractivity contribution is -0.175. The summed E-state index contributed by atoms with van der Waals surface area (Å²) in [5, 5.41) is 3.19. The molecule has 0 fully saturated rings. The maximum atomic E-state index is 11.8. The highest BCUT2D eigenvalue weighted by atomic mass is 19.4. The molecule has 0 aliphatic carbocycles. The average molecular weight is 291 g/mol. The van der Waals surface area contributed by atoms with Crippen LogP contribution in [0.15, 0.2) is 24.3 Å². The third kappa shape index (κ3) is 6.25. The molecule has 1 rings (SSSR count). The van der Waals surface area contributed by atoms with E-state index in [2.05, 4.69) is 17.0 Å². The zero-order chi connectivity index (χ0) is 15.0. The maximum absolute atomic E-state index is 11.8. The van der Waals surface area contributed by atoms with Crippen LogP contribution in [0.5, 0.6) is 5.75 Å². The quantitative estimate of drug-likeness (QED) is 0.745. The molecule has 1 atom stereocenters. The van der Waals surface area contributed by atoms with Crippen molar-refractivity contribution in [3.05, 3.63) is 29.8 Å². The highest BCUT2D eigenvalue weighted by molar-refractivity contribution is 5.29. The number of hydrogen-bond donors (Lipinski definition) is 1. The first-order valence-electron chi connectivity index (χ1n) is 6.50. The molecule has 0 heterocycles. The summed E-state index contributed by atoms with van der Waals surface area (Å²) in [4.78, 5) is 0. The van der Waals surface area contributed by atoms with Gasteiger partial charge in [0.05, 0.1) is 6.61 Å². The smallest absolute Gasteiger partial charge is 0.411 e. The van der Waals surface area contributed by atoms with Crippen molar-refractivity contribution in [3.63, 3.8) is 0 Å². The van der Waals surface area contributed by atoms with Gasteiger partial charge in [0, 0.05) is 6.04 Å². The van der Waals surface area contributed by atoms with E-state index in [4.69, 9.17) is 4.74 Å². The predicted octanol–water partition coefficient (Wildman–Crippen LogP) is 3.31. The van der Waals surface area contributed by atoms with Crippen LogP contribution < -0.4 is 10.1 Å². The van der Waals surface area contributed by atoms with Crippen LogP contribution in [0.4, 0.5) is 13.2 Å². The van der Waals surface area contributed by atoms with Gasteiger partial charge in [-0.1, -0.05) is 19.1 Å². The fourth-order valence-electron chi connectivity index (χ4n) is 1.81. The summed E-state index contributed by atoms with van der Waals surface area (Å²) >= 11 is 0. The Balaban J connectivity index is 2.31. The molecule has 0 radical (unpaired) electrons. The Hall–Kier alpha value is -1.27. The molecular formula is C14H20F3NO2. The summed E-state index contributed by atoms with van der Waals surface area (Å²) in [7, 11) is 1.90. The van der Waals surface area contributed by atoms with Gasteiger partial charge in [0.1, 0.15) is 19.0 Å². The van der Waals surface area contributed by atoms with Crippen molar-refractivity contribution in [2.45, 2.75) is 25.6 Å². The number of halogens is 3. The maximum Gasteiger partial charge on any atom is 0.411 e. The van der Waals surface area contributed by atoms with E-state index in [0.717, 1.165) is 12.0 Å². The molecule has 0 amide bonds. The number of nitrogens with one attached hydrogen (secondary N) is 1.